The number of nitrogens with zero attached hydrogens (tertiary/aromatic N) is 1. The molecular weight excluding hydrogens is 328 g/mol. The van der Waals surface area contributed by atoms with E-state index in [1.807, 2.05) is 18.2 Å². The topological polar surface area (TPSA) is 72.2 Å². The van der Waals surface area contributed by atoms with Gasteiger partial charge in [0.15, 0.2) is 0 Å². The van der Waals surface area contributed by atoms with Gasteiger partial charge in [-0.1, -0.05) is 31.4 Å². The van der Waals surface area contributed by atoms with Crippen LogP contribution in [0.5, 0.6) is 0 Å². The average molecular weight is 348 g/mol. The molecule has 0 aliphatic heterocycles. The number of anilines is 1. The van der Waals surface area contributed by atoms with E-state index in [2.05, 4.69) is 10.3 Å². The Hall–Kier alpha value is -2.95. The zero-order valence-electron chi connectivity index (χ0n) is 14.4. The smallest absolute Gasteiger partial charge is 0.284 e. The minimum Gasteiger partial charge on any atom is -0.437 e. The molecule has 132 valence electrons. The van der Waals surface area contributed by atoms with Crippen molar-refractivity contribution < 1.29 is 9.21 Å². The van der Waals surface area contributed by atoms with E-state index in [4.69, 9.17) is 4.42 Å². The zero-order chi connectivity index (χ0) is 17.9. The summed E-state index contributed by atoms with van der Waals surface area (Å²) >= 11 is 0. The molecule has 1 fully saturated rings. The lowest BCUT2D eigenvalue weighted by Gasteiger charge is -2.20. The fourth-order valence-electron chi connectivity index (χ4n) is 3.44. The van der Waals surface area contributed by atoms with Gasteiger partial charge in [-0.15, -0.1) is 0 Å². The molecule has 1 aromatic heterocycles. The number of para-hydroxylation sites is 1. The summed E-state index contributed by atoms with van der Waals surface area (Å²) in [6.07, 6.45) is 5.42. The van der Waals surface area contributed by atoms with Crippen LogP contribution >= 0.6 is 0 Å². The first-order chi connectivity index (χ1) is 12.7. The lowest BCUT2D eigenvalue weighted by Crippen LogP contribution is -2.24. The Bertz CT molecular complexity index is 986. The Balaban J connectivity index is 1.54. The first-order valence-corrected chi connectivity index (χ1v) is 9.02. The van der Waals surface area contributed by atoms with Crippen molar-refractivity contribution in [3.8, 4) is 11.5 Å². The third-order valence-corrected chi connectivity index (χ3v) is 4.90. The summed E-state index contributed by atoms with van der Waals surface area (Å²) in [7, 11) is 0. The molecule has 26 heavy (non-hydrogen) atoms. The van der Waals surface area contributed by atoms with E-state index in [9.17, 15) is 9.59 Å². The van der Waals surface area contributed by atoms with Gasteiger partial charge in [-0.2, -0.15) is 4.98 Å². The second-order valence-corrected chi connectivity index (χ2v) is 6.72. The molecule has 3 aromatic rings. The lowest BCUT2D eigenvalue weighted by molar-refractivity contribution is -0.120. The zero-order valence-corrected chi connectivity index (χ0v) is 14.4. The number of hydrogen-bond acceptors (Lipinski definition) is 4. The van der Waals surface area contributed by atoms with Crippen molar-refractivity contribution in [2.75, 3.05) is 5.32 Å². The van der Waals surface area contributed by atoms with Gasteiger partial charge in [-0.25, -0.2) is 0 Å². The minimum absolute atomic E-state index is 0.0906. The number of carbonyl (C=O) groups excluding carboxylic acids is 1. The average Bonchev–Trinajstić information content (AvgIpc) is 2.69. The summed E-state index contributed by atoms with van der Waals surface area (Å²) in [4.78, 5) is 28.5. The van der Waals surface area contributed by atoms with E-state index in [1.54, 1.807) is 30.3 Å². The van der Waals surface area contributed by atoms with Crippen LogP contribution in [-0.2, 0) is 4.79 Å². The Morgan fingerprint density at radius 2 is 1.73 bits per heavy atom. The second kappa shape index (κ2) is 7.12. The quantitative estimate of drug-likeness (QED) is 0.763. The molecule has 5 heteroatoms. The predicted molar refractivity (Wildman–Crippen MR) is 101 cm³/mol. The van der Waals surface area contributed by atoms with Gasteiger partial charge in [0.1, 0.15) is 5.58 Å². The summed E-state index contributed by atoms with van der Waals surface area (Å²) in [5.41, 5.74) is 1.64. The Labute approximate surface area is 151 Å². The fraction of sp³-hybridized carbons (Fsp3) is 0.286. The summed E-state index contributed by atoms with van der Waals surface area (Å²) < 4.78 is 5.75. The van der Waals surface area contributed by atoms with Gasteiger partial charge in [0.2, 0.25) is 11.8 Å². The van der Waals surface area contributed by atoms with Crippen molar-refractivity contribution in [2.45, 2.75) is 32.1 Å². The molecule has 2 aromatic carbocycles. The lowest BCUT2D eigenvalue weighted by atomic mass is 9.88. The maximum atomic E-state index is 12.3. The molecule has 1 amide bonds. The van der Waals surface area contributed by atoms with E-state index in [0.29, 0.717) is 16.5 Å². The second-order valence-electron chi connectivity index (χ2n) is 6.72. The standard InChI is InChI=1S/C21H20N2O3/c24-19(14-6-2-1-3-7-14)22-16-12-10-15(11-13-16)21-23-20(25)17-8-4-5-9-18(17)26-21/h4-5,8-14H,1-3,6-7H2,(H,22,24). The highest BCUT2D eigenvalue weighted by molar-refractivity contribution is 5.92. The van der Waals surface area contributed by atoms with Crippen LogP contribution in [0.1, 0.15) is 32.1 Å². The van der Waals surface area contributed by atoms with Crippen molar-refractivity contribution in [2.24, 2.45) is 5.92 Å². The number of benzene rings is 2. The van der Waals surface area contributed by atoms with Crippen molar-refractivity contribution in [3.63, 3.8) is 0 Å². The number of aromatic nitrogens is 1. The molecular formula is C21H20N2O3. The molecule has 5 nitrogen and oxygen atoms in total. The van der Waals surface area contributed by atoms with Crippen molar-refractivity contribution in [3.05, 3.63) is 58.9 Å². The molecule has 0 spiro atoms. The first-order valence-electron chi connectivity index (χ1n) is 9.02. The number of fused-ring (bicyclic) bond motifs is 1. The van der Waals surface area contributed by atoms with Gasteiger partial charge in [0.25, 0.3) is 5.56 Å². The Morgan fingerprint density at radius 1 is 1.00 bits per heavy atom. The van der Waals surface area contributed by atoms with Gasteiger partial charge < -0.3 is 9.73 Å². The van der Waals surface area contributed by atoms with Crippen LogP contribution in [0.2, 0.25) is 0 Å². The summed E-state index contributed by atoms with van der Waals surface area (Å²) in [5.74, 6) is 0.482. The SMILES string of the molecule is O=C(Nc1ccc(-c2nc(=O)c3ccccc3o2)cc1)C1CCCCC1. The number of carbonyl (C=O) groups is 1. The minimum atomic E-state index is -0.309. The Morgan fingerprint density at radius 3 is 2.50 bits per heavy atom. The normalized spacial score (nSPS) is 15.1. The first kappa shape index (κ1) is 16.5. The van der Waals surface area contributed by atoms with Crippen LogP contribution in [-0.4, -0.2) is 10.9 Å². The predicted octanol–water partition coefficient (Wildman–Crippen LogP) is 4.37. The molecule has 0 radical (unpaired) electrons. The number of rotatable bonds is 3. The van der Waals surface area contributed by atoms with Crippen molar-refractivity contribution >= 4 is 22.6 Å². The largest absolute Gasteiger partial charge is 0.437 e. The van der Waals surface area contributed by atoms with Gasteiger partial charge in [-0.3, -0.25) is 9.59 Å². The van der Waals surface area contributed by atoms with Gasteiger partial charge >= 0.3 is 0 Å². The molecule has 0 unspecified atom stereocenters. The summed E-state index contributed by atoms with van der Waals surface area (Å²) in [5, 5.41) is 3.45. The van der Waals surface area contributed by atoms with E-state index in [1.165, 1.54) is 6.42 Å². The van der Waals surface area contributed by atoms with Crippen LogP contribution in [0.25, 0.3) is 22.4 Å². The number of amides is 1. The molecule has 0 atom stereocenters. The van der Waals surface area contributed by atoms with Crippen LogP contribution in [0.3, 0.4) is 0 Å². The van der Waals surface area contributed by atoms with E-state index < -0.39 is 0 Å². The van der Waals surface area contributed by atoms with Gasteiger partial charge in [0.05, 0.1) is 5.39 Å². The maximum absolute atomic E-state index is 12.3. The third-order valence-electron chi connectivity index (χ3n) is 4.90. The van der Waals surface area contributed by atoms with Crippen molar-refractivity contribution in [1.82, 2.24) is 4.98 Å². The van der Waals surface area contributed by atoms with Crippen LogP contribution in [0.15, 0.2) is 57.7 Å². The van der Waals surface area contributed by atoms with Crippen LogP contribution in [0, 0.1) is 5.92 Å². The van der Waals surface area contributed by atoms with Gasteiger partial charge in [-0.05, 0) is 49.2 Å². The van der Waals surface area contributed by atoms with E-state index in [-0.39, 0.29) is 23.3 Å². The monoisotopic (exact) mass is 348 g/mol. The van der Waals surface area contributed by atoms with Crippen LogP contribution < -0.4 is 10.9 Å². The summed E-state index contributed by atoms with van der Waals surface area (Å²) in [6, 6.07) is 14.3. The highest BCUT2D eigenvalue weighted by Gasteiger charge is 2.21. The van der Waals surface area contributed by atoms with E-state index in [0.717, 1.165) is 31.4 Å². The number of hydrogen-bond donors (Lipinski definition) is 1. The molecule has 4 rings (SSSR count). The van der Waals surface area contributed by atoms with Crippen molar-refractivity contribution in [1.29, 1.82) is 0 Å². The molecule has 1 N–H and O–H groups in total. The molecule has 1 aliphatic carbocycles. The molecule has 1 aliphatic rings. The van der Waals surface area contributed by atoms with E-state index >= 15 is 0 Å². The van der Waals surface area contributed by atoms with Crippen LogP contribution in [0.4, 0.5) is 5.69 Å². The maximum Gasteiger partial charge on any atom is 0.284 e. The molecule has 1 heterocycles. The molecule has 0 saturated heterocycles. The highest BCUT2D eigenvalue weighted by atomic mass is 16.3. The fourth-order valence-corrected chi connectivity index (χ4v) is 3.44. The molecule has 0 bridgehead atoms. The summed E-state index contributed by atoms with van der Waals surface area (Å²) in [6.45, 7) is 0. The highest BCUT2D eigenvalue weighted by Crippen LogP contribution is 2.26. The third kappa shape index (κ3) is 3.38. The number of nitrogens with one attached hydrogen (secondary N) is 1. The van der Waals surface area contributed by atoms with Gasteiger partial charge in [0, 0.05) is 17.2 Å². The Kier molecular flexibility index (Phi) is 4.52. The molecule has 1 saturated carbocycles.